The van der Waals surface area contributed by atoms with Crippen LogP contribution in [0.3, 0.4) is 0 Å². The summed E-state index contributed by atoms with van der Waals surface area (Å²) in [5.41, 5.74) is 0. The predicted molar refractivity (Wildman–Crippen MR) is 61.2 cm³/mol. The van der Waals surface area contributed by atoms with Crippen LogP contribution >= 0.6 is 0 Å². The zero-order valence-electron chi connectivity index (χ0n) is 10.2. The number of Topliss-reactive ketones (excluding diaryl/α,β-unsaturated/α-hetero) is 1. The topological polar surface area (TPSA) is 69.7 Å². The normalized spacial score (nSPS) is 11.4. The minimum absolute atomic E-state index is 0.164. The Morgan fingerprint density at radius 3 is 2.24 bits per heavy atom. The molecule has 17 heavy (non-hydrogen) atoms. The number of rotatable bonds is 8. The van der Waals surface area contributed by atoms with Crippen LogP contribution in [0.1, 0.15) is 26.7 Å². The van der Waals surface area contributed by atoms with E-state index in [0.717, 1.165) is 0 Å². The van der Waals surface area contributed by atoms with Crippen molar-refractivity contribution in [3.8, 4) is 0 Å². The first kappa shape index (κ1) is 15.3. The molecule has 0 aliphatic heterocycles. The first-order valence-corrected chi connectivity index (χ1v) is 5.52. The Labute approximate surface area is 101 Å². The van der Waals surface area contributed by atoms with Crippen LogP contribution in [0.2, 0.25) is 0 Å². The summed E-state index contributed by atoms with van der Waals surface area (Å²) in [6, 6.07) is 0. The van der Waals surface area contributed by atoms with Crippen molar-refractivity contribution >= 4 is 17.7 Å². The van der Waals surface area contributed by atoms with E-state index >= 15 is 0 Å². The van der Waals surface area contributed by atoms with Crippen LogP contribution in [-0.2, 0) is 23.9 Å². The molecule has 0 aliphatic rings. The van der Waals surface area contributed by atoms with E-state index in [1.165, 1.54) is 6.08 Å². The number of hydrogen-bond acceptors (Lipinski definition) is 5. The molecule has 5 heteroatoms. The van der Waals surface area contributed by atoms with Gasteiger partial charge < -0.3 is 9.47 Å². The van der Waals surface area contributed by atoms with E-state index in [9.17, 15) is 14.4 Å². The highest BCUT2D eigenvalue weighted by molar-refractivity contribution is 6.06. The summed E-state index contributed by atoms with van der Waals surface area (Å²) >= 11 is 0. The molecule has 0 spiro atoms. The van der Waals surface area contributed by atoms with E-state index in [-0.39, 0.29) is 19.6 Å². The number of carbonyl (C=O) groups is 3. The Bertz CT molecular complexity index is 295. The van der Waals surface area contributed by atoms with Gasteiger partial charge in [0.2, 0.25) is 0 Å². The first-order chi connectivity index (χ1) is 8.06. The molecular weight excluding hydrogens is 224 g/mol. The molecule has 1 atom stereocenters. The number of hydrogen-bond donors (Lipinski definition) is 0. The van der Waals surface area contributed by atoms with Gasteiger partial charge in [0.25, 0.3) is 0 Å². The van der Waals surface area contributed by atoms with Crippen LogP contribution < -0.4 is 0 Å². The maximum atomic E-state index is 11.7. The van der Waals surface area contributed by atoms with Crippen molar-refractivity contribution in [2.45, 2.75) is 26.7 Å². The van der Waals surface area contributed by atoms with Crippen molar-refractivity contribution in [2.24, 2.45) is 5.92 Å². The maximum Gasteiger partial charge on any atom is 0.316 e. The maximum absolute atomic E-state index is 11.7. The molecule has 1 unspecified atom stereocenters. The quantitative estimate of drug-likeness (QED) is 0.364. The molecule has 5 nitrogen and oxygen atoms in total. The largest absolute Gasteiger partial charge is 0.466 e. The van der Waals surface area contributed by atoms with Gasteiger partial charge in [0.05, 0.1) is 13.2 Å². The second kappa shape index (κ2) is 8.50. The van der Waals surface area contributed by atoms with Gasteiger partial charge in [-0.05, 0) is 20.3 Å². The van der Waals surface area contributed by atoms with Gasteiger partial charge in [-0.2, -0.15) is 0 Å². The third-order valence-electron chi connectivity index (χ3n) is 1.99. The third kappa shape index (κ3) is 5.85. The fourth-order valence-corrected chi connectivity index (χ4v) is 1.25. The van der Waals surface area contributed by atoms with E-state index < -0.39 is 30.1 Å². The Morgan fingerprint density at radius 1 is 1.18 bits per heavy atom. The highest BCUT2D eigenvalue weighted by atomic mass is 16.5. The zero-order valence-corrected chi connectivity index (χ0v) is 10.2. The molecule has 0 saturated carbocycles. The minimum atomic E-state index is -0.961. The van der Waals surface area contributed by atoms with Gasteiger partial charge in [-0.25, -0.2) is 0 Å². The fourth-order valence-electron chi connectivity index (χ4n) is 1.25. The summed E-state index contributed by atoms with van der Waals surface area (Å²) < 4.78 is 9.40. The lowest BCUT2D eigenvalue weighted by atomic mass is 9.98. The van der Waals surface area contributed by atoms with Crippen molar-refractivity contribution < 1.29 is 23.9 Å². The number of carbonyl (C=O) groups excluding carboxylic acids is 3. The monoisotopic (exact) mass is 242 g/mol. The molecule has 0 bridgehead atoms. The second-order valence-electron chi connectivity index (χ2n) is 3.28. The Morgan fingerprint density at radius 2 is 1.76 bits per heavy atom. The average molecular weight is 242 g/mol. The molecule has 0 rings (SSSR count). The SMILES string of the molecule is C=CCC(C(=O)CC(=O)OCC)C(=O)OCC. The van der Waals surface area contributed by atoms with E-state index in [1.807, 2.05) is 0 Å². The molecule has 0 heterocycles. The number of allylic oxidation sites excluding steroid dienone is 1. The number of ether oxygens (including phenoxy) is 2. The van der Waals surface area contributed by atoms with Gasteiger partial charge in [-0.15, -0.1) is 6.58 Å². The van der Waals surface area contributed by atoms with Gasteiger partial charge in [0, 0.05) is 0 Å². The molecule has 0 saturated heterocycles. The minimum Gasteiger partial charge on any atom is -0.466 e. The smallest absolute Gasteiger partial charge is 0.316 e. The molecule has 96 valence electrons. The highest BCUT2D eigenvalue weighted by Gasteiger charge is 2.28. The molecule has 0 aliphatic carbocycles. The van der Waals surface area contributed by atoms with E-state index in [1.54, 1.807) is 13.8 Å². The second-order valence-corrected chi connectivity index (χ2v) is 3.28. The summed E-state index contributed by atoms with van der Waals surface area (Å²) in [6.07, 6.45) is 1.20. The summed E-state index contributed by atoms with van der Waals surface area (Å²) in [5, 5.41) is 0. The summed E-state index contributed by atoms with van der Waals surface area (Å²) in [7, 11) is 0. The van der Waals surface area contributed by atoms with Crippen molar-refractivity contribution in [1.29, 1.82) is 0 Å². The van der Waals surface area contributed by atoms with Crippen LogP contribution in [0.25, 0.3) is 0 Å². The number of esters is 2. The van der Waals surface area contributed by atoms with Crippen molar-refractivity contribution in [3.63, 3.8) is 0 Å². The van der Waals surface area contributed by atoms with Crippen LogP contribution in [0.5, 0.6) is 0 Å². The molecule has 0 amide bonds. The predicted octanol–water partition coefficient (Wildman–Crippen LogP) is 1.26. The fraction of sp³-hybridized carbons (Fsp3) is 0.583. The molecular formula is C12H18O5. The van der Waals surface area contributed by atoms with Gasteiger partial charge >= 0.3 is 11.9 Å². The van der Waals surface area contributed by atoms with E-state index in [4.69, 9.17) is 4.74 Å². The molecule has 0 aromatic carbocycles. The van der Waals surface area contributed by atoms with Crippen molar-refractivity contribution in [3.05, 3.63) is 12.7 Å². The van der Waals surface area contributed by atoms with Crippen molar-refractivity contribution in [1.82, 2.24) is 0 Å². The lowest BCUT2D eigenvalue weighted by Crippen LogP contribution is -2.28. The van der Waals surface area contributed by atoms with Crippen LogP contribution in [0, 0.1) is 5.92 Å². The lowest BCUT2D eigenvalue weighted by Gasteiger charge is -2.12. The Hall–Kier alpha value is -1.65. The van der Waals surface area contributed by atoms with E-state index in [2.05, 4.69) is 11.3 Å². The van der Waals surface area contributed by atoms with Gasteiger partial charge in [-0.3, -0.25) is 14.4 Å². The lowest BCUT2D eigenvalue weighted by molar-refractivity contribution is -0.153. The summed E-state index contributed by atoms with van der Waals surface area (Å²) in [4.78, 5) is 34.3. The Kier molecular flexibility index (Phi) is 7.67. The van der Waals surface area contributed by atoms with Gasteiger partial charge in [0.15, 0.2) is 5.78 Å². The molecule has 0 fully saturated rings. The first-order valence-electron chi connectivity index (χ1n) is 5.52. The van der Waals surface area contributed by atoms with Crippen molar-refractivity contribution in [2.75, 3.05) is 13.2 Å². The average Bonchev–Trinajstić information content (AvgIpc) is 2.26. The van der Waals surface area contributed by atoms with Crippen LogP contribution in [0.4, 0.5) is 0 Å². The van der Waals surface area contributed by atoms with Crippen LogP contribution in [0.15, 0.2) is 12.7 Å². The standard InChI is InChI=1S/C12H18O5/c1-4-7-9(12(15)17-6-3)10(13)8-11(14)16-5-2/h4,9H,1,5-8H2,2-3H3. The highest BCUT2D eigenvalue weighted by Crippen LogP contribution is 2.11. The molecule has 0 radical (unpaired) electrons. The van der Waals surface area contributed by atoms with E-state index in [0.29, 0.717) is 0 Å². The molecule has 0 aromatic heterocycles. The van der Waals surface area contributed by atoms with Crippen LogP contribution in [-0.4, -0.2) is 30.9 Å². The third-order valence-corrected chi connectivity index (χ3v) is 1.99. The summed E-state index contributed by atoms with van der Waals surface area (Å²) in [6.45, 7) is 7.16. The molecule has 0 aromatic rings. The number of ketones is 1. The Balaban J connectivity index is 4.48. The molecule has 0 N–H and O–H groups in total. The van der Waals surface area contributed by atoms with Gasteiger partial charge in [-0.1, -0.05) is 6.08 Å². The zero-order chi connectivity index (χ0) is 13.3. The van der Waals surface area contributed by atoms with Gasteiger partial charge in [0.1, 0.15) is 12.3 Å². The summed E-state index contributed by atoms with van der Waals surface area (Å²) in [5.74, 6) is -2.71.